The smallest absolute Gasteiger partial charge is 0.229 e. The Bertz CT molecular complexity index is 570. The first-order valence-corrected chi connectivity index (χ1v) is 9.74. The second kappa shape index (κ2) is 5.85. The Hall–Kier alpha value is -0.880. The molecular formula is C14H22N2O2S2. The van der Waals surface area contributed by atoms with Gasteiger partial charge >= 0.3 is 0 Å². The molecule has 2 rings (SSSR count). The highest BCUT2D eigenvalue weighted by Gasteiger charge is 2.32. The van der Waals surface area contributed by atoms with Gasteiger partial charge in [0.25, 0.3) is 0 Å². The third kappa shape index (κ3) is 4.06. The number of nitrogens with one attached hydrogen (secondary N) is 2. The average Bonchev–Trinajstić information content (AvgIpc) is 2.32. The fourth-order valence-electron chi connectivity index (χ4n) is 2.26. The van der Waals surface area contributed by atoms with Gasteiger partial charge in [-0.15, -0.1) is 0 Å². The van der Waals surface area contributed by atoms with Crippen molar-refractivity contribution in [3.05, 3.63) is 24.3 Å². The highest BCUT2D eigenvalue weighted by molar-refractivity contribution is 7.99. The first kappa shape index (κ1) is 15.5. The van der Waals surface area contributed by atoms with Gasteiger partial charge < -0.3 is 5.32 Å². The number of para-hydroxylation sites is 2. The van der Waals surface area contributed by atoms with E-state index >= 15 is 0 Å². The summed E-state index contributed by atoms with van der Waals surface area (Å²) in [5.74, 6) is 2.23. The van der Waals surface area contributed by atoms with Crippen LogP contribution in [-0.4, -0.2) is 32.2 Å². The van der Waals surface area contributed by atoms with Crippen molar-refractivity contribution in [2.45, 2.75) is 26.3 Å². The maximum absolute atomic E-state index is 11.4. The van der Waals surface area contributed by atoms with E-state index in [1.54, 1.807) is 6.07 Å². The summed E-state index contributed by atoms with van der Waals surface area (Å²) in [5, 5.41) is 3.51. The normalized spacial score (nSPS) is 22.2. The van der Waals surface area contributed by atoms with E-state index in [-0.39, 0.29) is 5.41 Å². The Morgan fingerprint density at radius 2 is 1.90 bits per heavy atom. The minimum absolute atomic E-state index is 0.212. The van der Waals surface area contributed by atoms with Gasteiger partial charge in [0.05, 0.1) is 17.6 Å². The van der Waals surface area contributed by atoms with Crippen molar-refractivity contribution in [2.24, 2.45) is 5.41 Å². The summed E-state index contributed by atoms with van der Waals surface area (Å²) in [6.07, 6.45) is 2.33. The summed E-state index contributed by atoms with van der Waals surface area (Å²) in [7, 11) is -3.26. The summed E-state index contributed by atoms with van der Waals surface area (Å²) in [4.78, 5) is 0. The molecule has 2 N–H and O–H groups in total. The predicted octanol–water partition coefficient (Wildman–Crippen LogP) is 3.00. The Morgan fingerprint density at radius 3 is 2.50 bits per heavy atom. The molecule has 1 heterocycles. The van der Waals surface area contributed by atoms with E-state index in [1.165, 1.54) is 12.0 Å². The Kier molecular flexibility index (Phi) is 4.54. The van der Waals surface area contributed by atoms with E-state index in [0.29, 0.717) is 11.7 Å². The monoisotopic (exact) mass is 314 g/mol. The molecule has 1 aromatic rings. The fraction of sp³-hybridized carbons (Fsp3) is 0.571. The minimum atomic E-state index is -3.26. The molecule has 1 aliphatic rings. The molecule has 0 spiro atoms. The maximum atomic E-state index is 11.4. The topological polar surface area (TPSA) is 58.2 Å². The van der Waals surface area contributed by atoms with E-state index in [1.807, 2.05) is 30.0 Å². The molecule has 6 heteroatoms. The van der Waals surface area contributed by atoms with Crippen molar-refractivity contribution in [3.63, 3.8) is 0 Å². The number of rotatable bonds is 4. The first-order chi connectivity index (χ1) is 9.28. The SMILES string of the molecule is CC1(C)CCSCC1Nc1ccccc1NS(C)(=O)=O. The summed E-state index contributed by atoms with van der Waals surface area (Å²) in [6.45, 7) is 4.52. The van der Waals surface area contributed by atoms with Crippen molar-refractivity contribution in [1.29, 1.82) is 0 Å². The van der Waals surface area contributed by atoms with E-state index < -0.39 is 10.0 Å². The number of hydrogen-bond acceptors (Lipinski definition) is 4. The van der Waals surface area contributed by atoms with Crippen LogP contribution in [0.25, 0.3) is 0 Å². The third-order valence-corrected chi connectivity index (χ3v) is 5.32. The third-order valence-electron chi connectivity index (χ3n) is 3.67. The lowest BCUT2D eigenvalue weighted by atomic mass is 9.82. The number of benzene rings is 1. The number of sulfonamides is 1. The second-order valence-corrected chi connectivity index (χ2v) is 8.83. The fourth-order valence-corrected chi connectivity index (χ4v) is 4.44. The largest absolute Gasteiger partial charge is 0.379 e. The van der Waals surface area contributed by atoms with Crippen molar-refractivity contribution in [2.75, 3.05) is 27.8 Å². The number of hydrogen-bond donors (Lipinski definition) is 2. The average molecular weight is 314 g/mol. The van der Waals surface area contributed by atoms with Crippen LogP contribution in [0.5, 0.6) is 0 Å². The molecule has 1 saturated heterocycles. The van der Waals surface area contributed by atoms with Gasteiger partial charge in [0, 0.05) is 11.8 Å². The van der Waals surface area contributed by atoms with Crippen LogP contribution in [0.4, 0.5) is 11.4 Å². The van der Waals surface area contributed by atoms with Gasteiger partial charge in [-0.1, -0.05) is 26.0 Å². The zero-order valence-corrected chi connectivity index (χ0v) is 13.8. The molecule has 1 atom stereocenters. The Balaban J connectivity index is 2.21. The lowest BCUT2D eigenvalue weighted by Crippen LogP contribution is -2.41. The van der Waals surface area contributed by atoms with Gasteiger partial charge in [-0.25, -0.2) is 8.42 Å². The highest BCUT2D eigenvalue weighted by atomic mass is 32.2. The van der Waals surface area contributed by atoms with Gasteiger partial charge in [-0.2, -0.15) is 11.8 Å². The zero-order chi connectivity index (χ0) is 14.8. The molecule has 1 aliphatic heterocycles. The summed E-state index contributed by atoms with van der Waals surface area (Å²) in [5.41, 5.74) is 1.67. The van der Waals surface area contributed by atoms with Gasteiger partial charge in [0.2, 0.25) is 10.0 Å². The predicted molar refractivity (Wildman–Crippen MR) is 88.0 cm³/mol. The molecule has 20 heavy (non-hydrogen) atoms. The molecular weight excluding hydrogens is 292 g/mol. The maximum Gasteiger partial charge on any atom is 0.229 e. The molecule has 0 aromatic heterocycles. The minimum Gasteiger partial charge on any atom is -0.379 e. The summed E-state index contributed by atoms with van der Waals surface area (Å²) < 4.78 is 25.4. The van der Waals surface area contributed by atoms with Gasteiger partial charge in [-0.3, -0.25) is 4.72 Å². The van der Waals surface area contributed by atoms with Gasteiger partial charge in [-0.05, 0) is 29.7 Å². The molecule has 1 aromatic carbocycles. The van der Waals surface area contributed by atoms with E-state index in [9.17, 15) is 8.42 Å². The molecule has 0 aliphatic carbocycles. The quantitative estimate of drug-likeness (QED) is 0.897. The van der Waals surface area contributed by atoms with E-state index in [4.69, 9.17) is 0 Å². The molecule has 4 nitrogen and oxygen atoms in total. The van der Waals surface area contributed by atoms with Crippen LogP contribution in [-0.2, 0) is 10.0 Å². The summed E-state index contributed by atoms with van der Waals surface area (Å²) >= 11 is 1.94. The van der Waals surface area contributed by atoms with Crippen LogP contribution in [0.2, 0.25) is 0 Å². The van der Waals surface area contributed by atoms with Crippen LogP contribution >= 0.6 is 11.8 Å². The standard InChI is InChI=1S/C14H22N2O2S2/c1-14(2)8-9-19-10-13(14)15-11-6-4-5-7-12(11)16-20(3,17)18/h4-7,13,15-16H,8-10H2,1-3H3. The molecule has 1 fully saturated rings. The Morgan fingerprint density at radius 1 is 1.25 bits per heavy atom. The molecule has 0 radical (unpaired) electrons. The Labute approximate surface area is 125 Å². The van der Waals surface area contributed by atoms with Crippen LogP contribution in [0.3, 0.4) is 0 Å². The molecule has 0 amide bonds. The van der Waals surface area contributed by atoms with Crippen molar-refractivity contribution in [3.8, 4) is 0 Å². The number of anilines is 2. The van der Waals surface area contributed by atoms with Crippen LogP contribution < -0.4 is 10.0 Å². The molecule has 0 bridgehead atoms. The van der Waals surface area contributed by atoms with Gasteiger partial charge in [0.15, 0.2) is 0 Å². The van der Waals surface area contributed by atoms with E-state index in [2.05, 4.69) is 23.9 Å². The van der Waals surface area contributed by atoms with Gasteiger partial charge in [0.1, 0.15) is 0 Å². The highest BCUT2D eigenvalue weighted by Crippen LogP contribution is 2.37. The first-order valence-electron chi connectivity index (χ1n) is 6.69. The van der Waals surface area contributed by atoms with Crippen LogP contribution in [0.15, 0.2) is 24.3 Å². The van der Waals surface area contributed by atoms with Crippen molar-refractivity contribution < 1.29 is 8.42 Å². The zero-order valence-electron chi connectivity index (χ0n) is 12.1. The summed E-state index contributed by atoms with van der Waals surface area (Å²) in [6, 6.07) is 7.79. The number of thioether (sulfide) groups is 1. The second-order valence-electron chi connectivity index (χ2n) is 5.93. The molecule has 112 valence electrons. The lowest BCUT2D eigenvalue weighted by Gasteiger charge is -2.39. The van der Waals surface area contributed by atoms with E-state index in [0.717, 1.165) is 17.9 Å². The molecule has 0 saturated carbocycles. The van der Waals surface area contributed by atoms with Crippen molar-refractivity contribution >= 4 is 33.2 Å². The van der Waals surface area contributed by atoms with Crippen molar-refractivity contribution in [1.82, 2.24) is 0 Å². The lowest BCUT2D eigenvalue weighted by molar-refractivity contribution is 0.305. The van der Waals surface area contributed by atoms with Crippen LogP contribution in [0, 0.1) is 5.41 Å². The van der Waals surface area contributed by atoms with Crippen LogP contribution in [0.1, 0.15) is 20.3 Å². The molecule has 1 unspecified atom stereocenters.